The first-order valence-electron chi connectivity index (χ1n) is 7.34. The van der Waals surface area contributed by atoms with Crippen molar-refractivity contribution in [3.8, 4) is 0 Å². The van der Waals surface area contributed by atoms with Crippen molar-refractivity contribution < 1.29 is 5.11 Å². The summed E-state index contributed by atoms with van der Waals surface area (Å²) in [6.07, 6.45) is 3.52. The molecule has 1 heterocycles. The fourth-order valence-corrected chi connectivity index (χ4v) is 2.43. The van der Waals surface area contributed by atoms with Crippen LogP contribution in [0.25, 0.3) is 11.0 Å². The van der Waals surface area contributed by atoms with Crippen molar-refractivity contribution in [2.75, 3.05) is 6.54 Å². The van der Waals surface area contributed by atoms with Crippen molar-refractivity contribution in [2.24, 2.45) is 5.92 Å². The normalized spacial score (nSPS) is 13.0. The zero-order valence-electron chi connectivity index (χ0n) is 12.2. The van der Waals surface area contributed by atoms with Crippen molar-refractivity contribution >= 4 is 11.0 Å². The van der Waals surface area contributed by atoms with Crippen LogP contribution in [0.5, 0.6) is 0 Å². The molecule has 1 aromatic carbocycles. The van der Waals surface area contributed by atoms with Gasteiger partial charge in [-0.25, -0.2) is 4.98 Å². The third-order valence-electron chi connectivity index (χ3n) is 3.75. The second-order valence-corrected chi connectivity index (χ2v) is 5.12. The number of aromatic nitrogens is 2. The second kappa shape index (κ2) is 7.31. The lowest BCUT2D eigenvalue weighted by atomic mass is 9.96. The summed E-state index contributed by atoms with van der Waals surface area (Å²) >= 11 is 0. The zero-order chi connectivity index (χ0) is 14.4. The molecule has 2 N–H and O–H groups in total. The van der Waals surface area contributed by atoms with Gasteiger partial charge in [-0.15, -0.1) is 0 Å². The molecule has 4 nitrogen and oxygen atoms in total. The molecule has 0 fully saturated rings. The highest BCUT2D eigenvalue weighted by atomic mass is 16.3. The van der Waals surface area contributed by atoms with Gasteiger partial charge in [-0.05, 0) is 18.1 Å². The highest BCUT2D eigenvalue weighted by molar-refractivity contribution is 5.73. The molecule has 0 saturated heterocycles. The molecule has 0 bridgehead atoms. The molecular weight excluding hydrogens is 250 g/mol. The Morgan fingerprint density at radius 1 is 1.15 bits per heavy atom. The van der Waals surface area contributed by atoms with Crippen LogP contribution in [-0.4, -0.2) is 27.7 Å². The van der Waals surface area contributed by atoms with Gasteiger partial charge in [-0.2, -0.15) is 0 Å². The Hall–Kier alpha value is -1.52. The van der Waals surface area contributed by atoms with Gasteiger partial charge >= 0.3 is 0 Å². The number of nitrogens with zero attached hydrogens (tertiary/aromatic N) is 2. The Bertz CT molecular complexity index is 540. The van der Waals surface area contributed by atoms with E-state index in [-0.39, 0.29) is 6.10 Å². The molecule has 0 aliphatic heterocycles. The number of fused-ring (bicyclic) bond motifs is 1. The van der Waals surface area contributed by atoms with Gasteiger partial charge in [0.25, 0.3) is 0 Å². The maximum Gasteiger partial charge on any atom is 0.0890 e. The van der Waals surface area contributed by atoms with E-state index >= 15 is 0 Å². The lowest BCUT2D eigenvalue weighted by Gasteiger charge is -2.20. The van der Waals surface area contributed by atoms with Crippen molar-refractivity contribution in [1.82, 2.24) is 15.3 Å². The first-order chi connectivity index (χ1) is 9.74. The van der Waals surface area contributed by atoms with E-state index in [9.17, 15) is 5.11 Å². The number of nitrogens with one attached hydrogen (secondary N) is 1. The number of rotatable bonds is 7. The molecule has 108 valence electrons. The highest BCUT2D eigenvalue weighted by Gasteiger charge is 2.14. The van der Waals surface area contributed by atoms with Gasteiger partial charge in [0.1, 0.15) is 0 Å². The van der Waals surface area contributed by atoms with E-state index in [1.807, 2.05) is 24.3 Å². The average Bonchev–Trinajstić information content (AvgIpc) is 2.48. The van der Waals surface area contributed by atoms with Crippen LogP contribution in [0.15, 0.2) is 30.5 Å². The molecule has 20 heavy (non-hydrogen) atoms. The maximum atomic E-state index is 10.1. The number of hydrogen-bond donors (Lipinski definition) is 2. The fourth-order valence-electron chi connectivity index (χ4n) is 2.43. The van der Waals surface area contributed by atoms with Crippen molar-refractivity contribution in [3.63, 3.8) is 0 Å². The topological polar surface area (TPSA) is 58.0 Å². The molecule has 1 atom stereocenters. The van der Waals surface area contributed by atoms with Crippen LogP contribution in [0.2, 0.25) is 0 Å². The van der Waals surface area contributed by atoms with Crippen molar-refractivity contribution in [2.45, 2.75) is 39.3 Å². The lowest BCUT2D eigenvalue weighted by Crippen LogP contribution is -2.32. The van der Waals surface area contributed by atoms with Gasteiger partial charge in [0.2, 0.25) is 0 Å². The fraction of sp³-hybridized carbons (Fsp3) is 0.500. The molecule has 4 heteroatoms. The minimum absolute atomic E-state index is 0.293. The Kier molecular flexibility index (Phi) is 5.44. The van der Waals surface area contributed by atoms with Crippen LogP contribution < -0.4 is 5.32 Å². The van der Waals surface area contributed by atoms with Crippen LogP contribution in [0.4, 0.5) is 0 Å². The maximum absolute atomic E-state index is 10.1. The number of hydrogen-bond acceptors (Lipinski definition) is 4. The second-order valence-electron chi connectivity index (χ2n) is 5.12. The van der Waals surface area contributed by atoms with E-state index < -0.39 is 0 Å². The summed E-state index contributed by atoms with van der Waals surface area (Å²) in [5, 5.41) is 13.3. The number of benzene rings is 1. The number of aliphatic hydroxyl groups is 1. The summed E-state index contributed by atoms with van der Waals surface area (Å²) in [4.78, 5) is 8.93. The molecule has 0 aliphatic rings. The van der Waals surface area contributed by atoms with Gasteiger partial charge in [0.05, 0.1) is 29.0 Å². The van der Waals surface area contributed by atoms with Gasteiger partial charge in [0.15, 0.2) is 0 Å². The van der Waals surface area contributed by atoms with Crippen LogP contribution in [0.3, 0.4) is 0 Å². The summed E-state index contributed by atoms with van der Waals surface area (Å²) in [7, 11) is 0. The molecule has 0 saturated carbocycles. The van der Waals surface area contributed by atoms with E-state index in [1.165, 1.54) is 0 Å². The largest absolute Gasteiger partial charge is 0.392 e. The van der Waals surface area contributed by atoms with Gasteiger partial charge in [0, 0.05) is 13.1 Å². The highest BCUT2D eigenvalue weighted by Crippen LogP contribution is 2.12. The van der Waals surface area contributed by atoms with Gasteiger partial charge in [-0.3, -0.25) is 4.98 Å². The molecule has 0 spiro atoms. The molecule has 0 aliphatic carbocycles. The summed E-state index contributed by atoms with van der Waals surface area (Å²) < 4.78 is 0. The smallest absolute Gasteiger partial charge is 0.0890 e. The quantitative estimate of drug-likeness (QED) is 0.814. The number of aliphatic hydroxyl groups excluding tert-OH is 1. The lowest BCUT2D eigenvalue weighted by molar-refractivity contribution is 0.101. The standard InChI is InChI=1S/C16H23N3O/c1-3-12(4-2)16(20)11-17-9-13-10-18-14-7-5-6-8-15(14)19-13/h5-8,10,12,16-17,20H,3-4,9,11H2,1-2H3. The van der Waals surface area contributed by atoms with E-state index in [0.717, 1.165) is 29.6 Å². The van der Waals surface area contributed by atoms with Crippen LogP contribution in [-0.2, 0) is 6.54 Å². The third-order valence-corrected chi connectivity index (χ3v) is 3.75. The SMILES string of the molecule is CCC(CC)C(O)CNCc1cnc2ccccc2n1. The summed E-state index contributed by atoms with van der Waals surface area (Å²) in [6.45, 7) is 5.47. The molecule has 2 rings (SSSR count). The Morgan fingerprint density at radius 2 is 1.85 bits per heavy atom. The first kappa shape index (κ1) is 14.9. The zero-order valence-corrected chi connectivity index (χ0v) is 12.2. The summed E-state index contributed by atoms with van der Waals surface area (Å²) in [5.74, 6) is 0.366. The Labute approximate surface area is 120 Å². The molecule has 2 aromatic rings. The monoisotopic (exact) mass is 273 g/mol. The summed E-state index contributed by atoms with van der Waals surface area (Å²) in [6, 6.07) is 7.84. The predicted octanol–water partition coefficient (Wildman–Crippen LogP) is 2.52. The molecule has 0 amide bonds. The number of para-hydroxylation sites is 2. The van der Waals surface area contributed by atoms with Gasteiger partial charge < -0.3 is 10.4 Å². The van der Waals surface area contributed by atoms with Crippen LogP contribution in [0, 0.1) is 5.92 Å². The van der Waals surface area contributed by atoms with E-state index in [2.05, 4.69) is 29.1 Å². The van der Waals surface area contributed by atoms with E-state index in [0.29, 0.717) is 19.0 Å². The van der Waals surface area contributed by atoms with Crippen molar-refractivity contribution in [1.29, 1.82) is 0 Å². The van der Waals surface area contributed by atoms with Crippen LogP contribution >= 0.6 is 0 Å². The van der Waals surface area contributed by atoms with E-state index in [1.54, 1.807) is 6.20 Å². The van der Waals surface area contributed by atoms with Gasteiger partial charge in [-0.1, -0.05) is 38.8 Å². The third kappa shape index (κ3) is 3.74. The van der Waals surface area contributed by atoms with Crippen molar-refractivity contribution in [3.05, 3.63) is 36.2 Å². The Morgan fingerprint density at radius 3 is 2.55 bits per heavy atom. The minimum atomic E-state index is -0.293. The first-order valence-corrected chi connectivity index (χ1v) is 7.34. The molecule has 0 radical (unpaired) electrons. The Balaban J connectivity index is 1.89. The predicted molar refractivity (Wildman–Crippen MR) is 81.3 cm³/mol. The minimum Gasteiger partial charge on any atom is -0.392 e. The van der Waals surface area contributed by atoms with Crippen LogP contribution in [0.1, 0.15) is 32.4 Å². The molecular formula is C16H23N3O. The van der Waals surface area contributed by atoms with E-state index in [4.69, 9.17) is 0 Å². The summed E-state index contributed by atoms with van der Waals surface area (Å²) in [5.41, 5.74) is 2.72. The average molecular weight is 273 g/mol. The molecule has 1 unspecified atom stereocenters. The molecule has 1 aromatic heterocycles.